The van der Waals surface area contributed by atoms with Crippen LogP contribution < -0.4 is 15.6 Å². The van der Waals surface area contributed by atoms with Gasteiger partial charge in [0.1, 0.15) is 0 Å². The van der Waals surface area contributed by atoms with Gasteiger partial charge in [-0.25, -0.2) is 0 Å². The lowest BCUT2D eigenvalue weighted by molar-refractivity contribution is -0.136. The molecule has 0 aliphatic heterocycles. The Kier molecular flexibility index (Phi) is 6.87. The average molecular weight is 445 g/mol. The number of alkyl halides is 3. The maximum absolute atomic E-state index is 13.2. The standard InChI is InChI=1S/C23H22F3N3O3/c1-29(22(31)17-10-12-27-21(30)20(17)32-2)13-11-15-6-5-7-16(14-15)28-19-9-4-3-8-18(19)23(24,25)26/h3-10,12,14,28H,11,13H2,1-2H3,(H,27,30). The van der Waals surface area contributed by atoms with E-state index in [1.807, 2.05) is 6.07 Å². The third-order valence-electron chi connectivity index (χ3n) is 4.87. The third-order valence-corrected chi connectivity index (χ3v) is 4.87. The number of pyridine rings is 1. The van der Waals surface area contributed by atoms with Gasteiger partial charge < -0.3 is 19.9 Å². The normalized spacial score (nSPS) is 11.2. The summed E-state index contributed by atoms with van der Waals surface area (Å²) in [5, 5.41) is 2.82. The maximum Gasteiger partial charge on any atom is 0.418 e. The van der Waals surface area contributed by atoms with Crippen LogP contribution in [0.5, 0.6) is 5.75 Å². The quantitative estimate of drug-likeness (QED) is 0.563. The molecule has 0 spiro atoms. The van der Waals surface area contributed by atoms with Gasteiger partial charge in [-0.05, 0) is 42.3 Å². The lowest BCUT2D eigenvalue weighted by Crippen LogP contribution is -2.30. The Morgan fingerprint density at radius 1 is 1.12 bits per heavy atom. The number of rotatable bonds is 7. The molecular weight excluding hydrogens is 423 g/mol. The Morgan fingerprint density at radius 3 is 2.59 bits per heavy atom. The van der Waals surface area contributed by atoms with Gasteiger partial charge in [-0.1, -0.05) is 24.3 Å². The van der Waals surface area contributed by atoms with Crippen LogP contribution >= 0.6 is 0 Å². The molecule has 0 atom stereocenters. The van der Waals surface area contributed by atoms with E-state index < -0.39 is 17.3 Å². The van der Waals surface area contributed by atoms with Gasteiger partial charge in [0.05, 0.1) is 23.9 Å². The molecule has 0 fully saturated rings. The molecule has 6 nitrogen and oxygen atoms in total. The van der Waals surface area contributed by atoms with E-state index in [0.717, 1.165) is 11.6 Å². The highest BCUT2D eigenvalue weighted by molar-refractivity contribution is 5.96. The predicted octanol–water partition coefficient (Wildman–Crippen LogP) is 4.46. The monoisotopic (exact) mass is 445 g/mol. The number of benzene rings is 2. The number of hydrogen-bond acceptors (Lipinski definition) is 4. The average Bonchev–Trinajstić information content (AvgIpc) is 2.76. The number of likely N-dealkylation sites (N-methyl/N-ethyl adjacent to an activating group) is 1. The number of ether oxygens (including phenoxy) is 1. The summed E-state index contributed by atoms with van der Waals surface area (Å²) in [5.41, 5.74) is 0.206. The zero-order valence-electron chi connectivity index (χ0n) is 17.5. The minimum atomic E-state index is -4.47. The van der Waals surface area contributed by atoms with E-state index in [2.05, 4.69) is 10.3 Å². The van der Waals surface area contributed by atoms with Crippen LogP contribution in [0.3, 0.4) is 0 Å². The summed E-state index contributed by atoms with van der Waals surface area (Å²) < 4.78 is 44.7. The first-order valence-electron chi connectivity index (χ1n) is 9.74. The minimum absolute atomic E-state index is 0.0363. The molecule has 9 heteroatoms. The molecule has 168 valence electrons. The molecule has 3 aromatic rings. The van der Waals surface area contributed by atoms with E-state index in [-0.39, 0.29) is 22.9 Å². The number of aromatic nitrogens is 1. The summed E-state index contributed by atoms with van der Waals surface area (Å²) in [6.45, 7) is 0.331. The van der Waals surface area contributed by atoms with Crippen LogP contribution in [-0.4, -0.2) is 36.5 Å². The zero-order valence-corrected chi connectivity index (χ0v) is 17.5. The minimum Gasteiger partial charge on any atom is -0.491 e. The lowest BCUT2D eigenvalue weighted by atomic mass is 10.1. The van der Waals surface area contributed by atoms with Crippen molar-refractivity contribution < 1.29 is 22.7 Å². The van der Waals surface area contributed by atoms with E-state index in [4.69, 9.17) is 4.74 Å². The fourth-order valence-electron chi connectivity index (χ4n) is 3.24. The van der Waals surface area contributed by atoms with Crippen molar-refractivity contribution in [2.24, 2.45) is 0 Å². The second-order valence-corrected chi connectivity index (χ2v) is 7.10. The van der Waals surface area contributed by atoms with Crippen molar-refractivity contribution >= 4 is 17.3 Å². The Hall–Kier alpha value is -3.75. The molecule has 1 aromatic heterocycles. The largest absolute Gasteiger partial charge is 0.491 e. The van der Waals surface area contributed by atoms with Gasteiger partial charge in [-0.15, -0.1) is 0 Å². The fourth-order valence-corrected chi connectivity index (χ4v) is 3.24. The number of nitrogens with one attached hydrogen (secondary N) is 2. The van der Waals surface area contributed by atoms with Crippen molar-refractivity contribution in [3.8, 4) is 5.75 Å². The molecule has 0 saturated carbocycles. The molecule has 32 heavy (non-hydrogen) atoms. The van der Waals surface area contributed by atoms with Gasteiger partial charge in [0.15, 0.2) is 5.75 Å². The number of anilines is 2. The molecule has 2 aromatic carbocycles. The number of H-pyrrole nitrogens is 1. The van der Waals surface area contributed by atoms with Crippen LogP contribution in [0.25, 0.3) is 0 Å². The first-order valence-corrected chi connectivity index (χ1v) is 9.74. The van der Waals surface area contributed by atoms with Crippen molar-refractivity contribution in [1.29, 1.82) is 0 Å². The number of carbonyl (C=O) groups excluding carboxylic acids is 1. The number of nitrogens with zero attached hydrogens (tertiary/aromatic N) is 1. The molecule has 0 unspecified atom stereocenters. The number of amides is 1. The molecule has 0 bridgehead atoms. The van der Waals surface area contributed by atoms with Crippen LogP contribution in [0.4, 0.5) is 24.5 Å². The van der Waals surface area contributed by atoms with Crippen molar-refractivity contribution in [3.05, 3.63) is 87.8 Å². The van der Waals surface area contributed by atoms with Crippen LogP contribution in [-0.2, 0) is 12.6 Å². The topological polar surface area (TPSA) is 74.4 Å². The molecule has 3 rings (SSSR count). The van der Waals surface area contributed by atoms with E-state index in [9.17, 15) is 22.8 Å². The van der Waals surface area contributed by atoms with Gasteiger partial charge in [-0.2, -0.15) is 13.2 Å². The third kappa shape index (κ3) is 5.29. The van der Waals surface area contributed by atoms with Crippen molar-refractivity contribution in [2.75, 3.05) is 26.0 Å². The lowest BCUT2D eigenvalue weighted by Gasteiger charge is -2.19. The number of carbonyl (C=O) groups is 1. The molecule has 2 N–H and O–H groups in total. The Balaban J connectivity index is 1.70. The van der Waals surface area contributed by atoms with Gasteiger partial charge in [0, 0.05) is 25.5 Å². The summed E-state index contributed by atoms with van der Waals surface area (Å²) in [6, 6.07) is 13.7. The first kappa shape index (κ1) is 22.9. The second kappa shape index (κ2) is 9.59. The fraction of sp³-hybridized carbons (Fsp3) is 0.217. The Morgan fingerprint density at radius 2 is 1.88 bits per heavy atom. The van der Waals surface area contributed by atoms with Gasteiger partial charge in [0.2, 0.25) is 0 Å². The Bertz CT molecular complexity index is 1160. The predicted molar refractivity (Wildman–Crippen MR) is 115 cm³/mol. The highest BCUT2D eigenvalue weighted by atomic mass is 19.4. The number of aromatic amines is 1. The molecule has 0 aliphatic rings. The number of halogens is 3. The number of methoxy groups -OCH3 is 1. The van der Waals surface area contributed by atoms with Crippen molar-refractivity contribution in [2.45, 2.75) is 12.6 Å². The molecule has 0 radical (unpaired) electrons. The van der Waals surface area contributed by atoms with E-state index in [0.29, 0.717) is 18.7 Å². The first-order chi connectivity index (χ1) is 15.2. The summed E-state index contributed by atoms with van der Waals surface area (Å²) in [7, 11) is 2.92. The number of hydrogen-bond donors (Lipinski definition) is 2. The van der Waals surface area contributed by atoms with E-state index >= 15 is 0 Å². The number of para-hydroxylation sites is 1. The molecule has 1 amide bonds. The Labute approximate surface area is 182 Å². The van der Waals surface area contributed by atoms with Crippen LogP contribution in [0.1, 0.15) is 21.5 Å². The molecule has 1 heterocycles. The van der Waals surface area contributed by atoms with Crippen LogP contribution in [0.15, 0.2) is 65.6 Å². The van der Waals surface area contributed by atoms with Crippen molar-refractivity contribution in [1.82, 2.24) is 9.88 Å². The van der Waals surface area contributed by atoms with E-state index in [1.54, 1.807) is 25.2 Å². The van der Waals surface area contributed by atoms with Crippen LogP contribution in [0.2, 0.25) is 0 Å². The summed E-state index contributed by atoms with van der Waals surface area (Å²) in [6.07, 6.45) is -2.63. The maximum atomic E-state index is 13.2. The second-order valence-electron chi connectivity index (χ2n) is 7.10. The molecule has 0 aliphatic carbocycles. The van der Waals surface area contributed by atoms with Gasteiger partial charge in [0.25, 0.3) is 11.5 Å². The highest BCUT2D eigenvalue weighted by Crippen LogP contribution is 2.35. The summed E-state index contributed by atoms with van der Waals surface area (Å²) in [4.78, 5) is 28.4. The van der Waals surface area contributed by atoms with Crippen LogP contribution in [0, 0.1) is 0 Å². The highest BCUT2D eigenvalue weighted by Gasteiger charge is 2.33. The molecule has 0 saturated heterocycles. The van der Waals surface area contributed by atoms with Gasteiger partial charge >= 0.3 is 6.18 Å². The smallest absolute Gasteiger partial charge is 0.418 e. The van der Waals surface area contributed by atoms with E-state index in [1.165, 1.54) is 42.5 Å². The van der Waals surface area contributed by atoms with Gasteiger partial charge in [-0.3, -0.25) is 9.59 Å². The SMILES string of the molecule is COc1c(C(=O)N(C)CCc2cccc(Nc3ccccc3C(F)(F)F)c2)cc[nH]c1=O. The molecular formula is C23H22F3N3O3. The van der Waals surface area contributed by atoms with Crippen molar-refractivity contribution in [3.63, 3.8) is 0 Å². The summed E-state index contributed by atoms with van der Waals surface area (Å²) >= 11 is 0. The summed E-state index contributed by atoms with van der Waals surface area (Å²) in [5.74, 6) is -0.430. The zero-order chi connectivity index (χ0) is 23.3.